The smallest absolute Gasteiger partial charge is 0.315 e. The lowest BCUT2D eigenvalue weighted by molar-refractivity contribution is 0.141. The van der Waals surface area contributed by atoms with Gasteiger partial charge in [0.1, 0.15) is 0 Å². The first-order chi connectivity index (χ1) is 12.5. The van der Waals surface area contributed by atoms with E-state index in [2.05, 4.69) is 10.6 Å². The van der Waals surface area contributed by atoms with Gasteiger partial charge < -0.3 is 15.7 Å². The van der Waals surface area contributed by atoms with Crippen molar-refractivity contribution < 1.29 is 18.3 Å². The van der Waals surface area contributed by atoms with E-state index in [9.17, 15) is 18.3 Å². The number of aliphatic hydroxyl groups excluding tert-OH is 1. The molecule has 0 unspecified atom stereocenters. The zero-order valence-electron chi connectivity index (χ0n) is 14.1. The van der Waals surface area contributed by atoms with Gasteiger partial charge in [-0.2, -0.15) is 0 Å². The molecule has 0 aromatic heterocycles. The van der Waals surface area contributed by atoms with Crippen molar-refractivity contribution in [2.24, 2.45) is 0 Å². The average Bonchev–Trinajstić information content (AvgIpc) is 2.93. The van der Waals surface area contributed by atoms with Gasteiger partial charge in [0, 0.05) is 6.42 Å². The van der Waals surface area contributed by atoms with E-state index in [0.717, 1.165) is 11.1 Å². The summed E-state index contributed by atoms with van der Waals surface area (Å²) in [7, 11) is -3.29. The minimum absolute atomic E-state index is 0.00382. The minimum atomic E-state index is -3.29. The molecule has 26 heavy (non-hydrogen) atoms. The second-order valence-electron chi connectivity index (χ2n) is 6.76. The molecule has 4 rings (SSSR count). The molecule has 2 amide bonds. The predicted octanol–water partition coefficient (Wildman–Crippen LogP) is 1.86. The topological polar surface area (TPSA) is 95.5 Å². The summed E-state index contributed by atoms with van der Waals surface area (Å²) in [6.45, 7) is 0. The molecule has 0 radical (unpaired) electrons. The lowest BCUT2D eigenvalue weighted by atomic mass is 10.0. The molecular formula is C19H20N2O4S. The van der Waals surface area contributed by atoms with Crippen LogP contribution in [0, 0.1) is 0 Å². The van der Waals surface area contributed by atoms with Crippen molar-refractivity contribution in [2.45, 2.75) is 35.9 Å². The van der Waals surface area contributed by atoms with E-state index in [0.29, 0.717) is 18.4 Å². The highest BCUT2D eigenvalue weighted by Gasteiger charge is 2.34. The van der Waals surface area contributed by atoms with Crippen LogP contribution in [0.4, 0.5) is 4.79 Å². The number of carbonyl (C=O) groups is 1. The molecule has 0 spiro atoms. The molecule has 0 saturated carbocycles. The van der Waals surface area contributed by atoms with Crippen LogP contribution in [0.25, 0.3) is 0 Å². The Bertz CT molecular complexity index is 958. The molecule has 2 aliphatic rings. The molecule has 3 atom stereocenters. The summed E-state index contributed by atoms with van der Waals surface area (Å²) >= 11 is 0. The number of aliphatic hydroxyl groups is 1. The summed E-state index contributed by atoms with van der Waals surface area (Å²) in [5.74, 6) is 0.00382. The van der Waals surface area contributed by atoms with Crippen LogP contribution in [-0.4, -0.2) is 31.4 Å². The van der Waals surface area contributed by atoms with E-state index in [1.807, 2.05) is 24.3 Å². The van der Waals surface area contributed by atoms with Gasteiger partial charge in [0.25, 0.3) is 0 Å². The second-order valence-corrected chi connectivity index (χ2v) is 8.84. The van der Waals surface area contributed by atoms with Gasteiger partial charge in [0.05, 0.1) is 28.8 Å². The van der Waals surface area contributed by atoms with E-state index in [-0.39, 0.29) is 16.7 Å². The molecule has 0 saturated heterocycles. The van der Waals surface area contributed by atoms with Crippen molar-refractivity contribution >= 4 is 15.9 Å². The number of sulfone groups is 1. The van der Waals surface area contributed by atoms with Crippen LogP contribution >= 0.6 is 0 Å². The molecule has 0 bridgehead atoms. The summed E-state index contributed by atoms with van der Waals surface area (Å²) < 4.78 is 24.4. The largest absolute Gasteiger partial charge is 0.390 e. The molecule has 1 aliphatic heterocycles. The third kappa shape index (κ3) is 2.97. The van der Waals surface area contributed by atoms with Gasteiger partial charge in [-0.3, -0.25) is 0 Å². The normalized spacial score (nSPS) is 25.8. The fourth-order valence-electron chi connectivity index (χ4n) is 3.83. The van der Waals surface area contributed by atoms with Crippen LogP contribution in [0.1, 0.15) is 35.2 Å². The van der Waals surface area contributed by atoms with E-state index in [4.69, 9.17) is 0 Å². The highest BCUT2D eigenvalue weighted by Crippen LogP contribution is 2.33. The second kappa shape index (κ2) is 6.41. The Labute approximate surface area is 152 Å². The standard InChI is InChI=1S/C19H20N2O4S/c22-16-11-12-5-1-2-6-13(12)18(16)21-19(23)20-15-9-10-26(24,25)17-8-4-3-7-14(15)17/h1-8,15-16,18,22H,9-11H2,(H2,20,21,23)/t15-,16+,18+/m1/s1. The van der Waals surface area contributed by atoms with Crippen molar-refractivity contribution in [1.82, 2.24) is 10.6 Å². The molecule has 1 aliphatic carbocycles. The fraction of sp³-hybridized carbons (Fsp3) is 0.316. The molecule has 1 heterocycles. The number of fused-ring (bicyclic) bond motifs is 2. The zero-order chi connectivity index (χ0) is 18.3. The maximum absolute atomic E-state index is 12.5. The number of amides is 2. The summed E-state index contributed by atoms with van der Waals surface area (Å²) in [6.07, 6.45) is 0.166. The first kappa shape index (κ1) is 17.1. The Balaban J connectivity index is 1.51. The van der Waals surface area contributed by atoms with Crippen molar-refractivity contribution in [1.29, 1.82) is 0 Å². The lowest BCUT2D eigenvalue weighted by Gasteiger charge is -2.27. The van der Waals surface area contributed by atoms with Crippen LogP contribution < -0.4 is 10.6 Å². The Kier molecular flexibility index (Phi) is 4.20. The van der Waals surface area contributed by atoms with Crippen LogP contribution in [0.3, 0.4) is 0 Å². The molecule has 6 nitrogen and oxygen atoms in total. The number of urea groups is 1. The Hall–Kier alpha value is -2.38. The SMILES string of the molecule is O=C(N[C@@H]1CCS(=O)(=O)c2ccccc21)N[C@H]1c2ccccc2C[C@@H]1O. The van der Waals surface area contributed by atoms with Crippen LogP contribution in [0.5, 0.6) is 0 Å². The number of benzene rings is 2. The van der Waals surface area contributed by atoms with E-state index in [1.165, 1.54) is 0 Å². The van der Waals surface area contributed by atoms with E-state index in [1.54, 1.807) is 24.3 Å². The molecular weight excluding hydrogens is 352 g/mol. The number of hydrogen-bond acceptors (Lipinski definition) is 4. The van der Waals surface area contributed by atoms with Gasteiger partial charge in [-0.15, -0.1) is 0 Å². The van der Waals surface area contributed by atoms with Crippen molar-refractivity contribution in [3.63, 3.8) is 0 Å². The average molecular weight is 372 g/mol. The summed E-state index contributed by atoms with van der Waals surface area (Å²) in [4.78, 5) is 12.8. The number of hydrogen-bond donors (Lipinski definition) is 3. The Morgan fingerprint density at radius 2 is 1.69 bits per heavy atom. The highest BCUT2D eigenvalue weighted by atomic mass is 32.2. The number of rotatable bonds is 2. The summed E-state index contributed by atoms with van der Waals surface area (Å²) in [6, 6.07) is 13.2. The predicted molar refractivity (Wildman–Crippen MR) is 96.4 cm³/mol. The monoisotopic (exact) mass is 372 g/mol. The minimum Gasteiger partial charge on any atom is -0.390 e. The quantitative estimate of drug-likeness (QED) is 0.750. The Morgan fingerprint density at radius 3 is 2.50 bits per heavy atom. The maximum Gasteiger partial charge on any atom is 0.315 e. The highest BCUT2D eigenvalue weighted by molar-refractivity contribution is 7.91. The third-order valence-electron chi connectivity index (χ3n) is 5.10. The number of nitrogens with one attached hydrogen (secondary N) is 2. The number of carbonyl (C=O) groups excluding carboxylic acids is 1. The summed E-state index contributed by atoms with van der Waals surface area (Å²) in [5, 5.41) is 16.0. The molecule has 7 heteroatoms. The van der Waals surface area contributed by atoms with Gasteiger partial charge in [-0.05, 0) is 29.2 Å². The van der Waals surface area contributed by atoms with Crippen LogP contribution in [-0.2, 0) is 16.3 Å². The maximum atomic E-state index is 12.5. The van der Waals surface area contributed by atoms with Crippen molar-refractivity contribution in [3.8, 4) is 0 Å². The van der Waals surface area contributed by atoms with Gasteiger partial charge in [0.15, 0.2) is 9.84 Å². The van der Waals surface area contributed by atoms with Crippen LogP contribution in [0.15, 0.2) is 53.4 Å². The Morgan fingerprint density at radius 1 is 1.00 bits per heavy atom. The lowest BCUT2D eigenvalue weighted by Crippen LogP contribution is -2.43. The van der Waals surface area contributed by atoms with Crippen LogP contribution in [0.2, 0.25) is 0 Å². The fourth-order valence-corrected chi connectivity index (χ4v) is 5.45. The molecule has 0 fully saturated rings. The van der Waals surface area contributed by atoms with E-state index >= 15 is 0 Å². The van der Waals surface area contributed by atoms with Gasteiger partial charge >= 0.3 is 6.03 Å². The first-order valence-electron chi connectivity index (χ1n) is 8.60. The molecule has 3 N–H and O–H groups in total. The van der Waals surface area contributed by atoms with Crippen molar-refractivity contribution in [3.05, 3.63) is 65.2 Å². The molecule has 2 aromatic carbocycles. The molecule has 2 aromatic rings. The third-order valence-corrected chi connectivity index (χ3v) is 6.92. The first-order valence-corrected chi connectivity index (χ1v) is 10.3. The summed E-state index contributed by atoms with van der Waals surface area (Å²) in [5.41, 5.74) is 2.56. The van der Waals surface area contributed by atoms with Gasteiger partial charge in [0.2, 0.25) is 0 Å². The van der Waals surface area contributed by atoms with Gasteiger partial charge in [-0.1, -0.05) is 42.5 Å². The zero-order valence-corrected chi connectivity index (χ0v) is 14.9. The molecule has 136 valence electrons. The van der Waals surface area contributed by atoms with Gasteiger partial charge in [-0.25, -0.2) is 13.2 Å². The van der Waals surface area contributed by atoms with Crippen molar-refractivity contribution in [2.75, 3.05) is 5.75 Å². The van der Waals surface area contributed by atoms with E-state index < -0.39 is 28.0 Å².